The quantitative estimate of drug-likeness (QED) is 0.315. The molecule has 1 fully saturated rings. The smallest absolute Gasteiger partial charge is 0.382 e. The molecule has 0 aromatic rings. The first-order valence-electron chi connectivity index (χ1n) is 3.44. The number of rotatable bonds is 1. The molecule has 1 aliphatic carbocycles. The topological polar surface area (TPSA) is 26.3 Å². The van der Waals surface area contributed by atoms with Gasteiger partial charge in [-0.1, -0.05) is 0 Å². The summed E-state index contributed by atoms with van der Waals surface area (Å²) in [5.74, 6) is -17.2. The number of alkyl halides is 7. The number of carbonyl (C=O) groups excluding carboxylic acids is 1. The van der Waals surface area contributed by atoms with E-state index in [0.717, 1.165) is 0 Å². The third-order valence-electron chi connectivity index (χ3n) is 1.88. The maximum Gasteiger partial charge on any atom is 0.382 e. The Morgan fingerprint density at radius 1 is 1.00 bits per heavy atom. The van der Waals surface area contributed by atoms with Crippen LogP contribution in [-0.2, 0) is 9.53 Å². The van der Waals surface area contributed by atoms with E-state index in [9.17, 15) is 31.1 Å². The number of hydrogen-bond acceptors (Lipinski definition) is 2. The van der Waals surface area contributed by atoms with Gasteiger partial charge in [-0.05, 0) is 22.6 Å². The summed E-state index contributed by atoms with van der Waals surface area (Å²) in [4.78, 5) is 10.3. The number of esters is 1. The van der Waals surface area contributed by atoms with Crippen LogP contribution in [0, 0.1) is 0 Å². The molecule has 0 heterocycles. The molecule has 15 heavy (non-hydrogen) atoms. The van der Waals surface area contributed by atoms with Crippen molar-refractivity contribution in [3.8, 4) is 0 Å². The second kappa shape index (κ2) is 2.92. The van der Waals surface area contributed by atoms with E-state index < -0.39 is 27.3 Å². The Morgan fingerprint density at radius 2 is 1.33 bits per heavy atom. The van der Waals surface area contributed by atoms with Gasteiger partial charge in [-0.3, -0.25) is 4.79 Å². The van der Waals surface area contributed by atoms with Crippen molar-refractivity contribution < 1.29 is 35.9 Å². The summed E-state index contributed by atoms with van der Waals surface area (Å²) in [5, 5.41) is 0. The monoisotopic (exact) mass is 348 g/mol. The van der Waals surface area contributed by atoms with E-state index in [4.69, 9.17) is 0 Å². The van der Waals surface area contributed by atoms with Crippen molar-refractivity contribution in [1.29, 1.82) is 0 Å². The lowest BCUT2D eigenvalue weighted by Crippen LogP contribution is -2.84. The lowest BCUT2D eigenvalue weighted by atomic mass is 9.80. The first kappa shape index (κ1) is 12.8. The van der Waals surface area contributed by atoms with Crippen molar-refractivity contribution in [2.75, 3.05) is 0 Å². The van der Waals surface area contributed by atoms with Crippen LogP contribution in [0.1, 0.15) is 6.92 Å². The fourth-order valence-electron chi connectivity index (χ4n) is 1.06. The molecule has 0 aliphatic heterocycles. The number of ether oxygens (including phenoxy) is 1. The zero-order chi connectivity index (χ0) is 12.3. The molecule has 0 aromatic carbocycles. The summed E-state index contributed by atoms with van der Waals surface area (Å²) in [6.07, 6.45) is 0. The molecule has 0 aromatic heterocycles. The highest BCUT2D eigenvalue weighted by Crippen LogP contribution is 2.71. The van der Waals surface area contributed by atoms with Crippen LogP contribution >= 0.6 is 22.6 Å². The van der Waals surface area contributed by atoms with Crippen LogP contribution in [0.15, 0.2) is 0 Å². The summed E-state index contributed by atoms with van der Waals surface area (Å²) in [7, 11) is 0. The summed E-state index contributed by atoms with van der Waals surface area (Å²) in [5.41, 5.74) is 0. The van der Waals surface area contributed by atoms with E-state index in [-0.39, 0.29) is 0 Å². The second-order valence-corrected chi connectivity index (χ2v) is 4.43. The SMILES string of the molecule is CC(=O)OC1(I)C(F)(F)C(F)(F)C1(F)F. The standard InChI is InChI=1S/C6H3F6IO2/c1-2(14)15-6(13)4(9,10)3(7,8)5(6,11)12/h1H3. The molecule has 9 heteroatoms. The predicted octanol–water partition coefficient (Wildman–Crippen LogP) is 2.60. The van der Waals surface area contributed by atoms with Crippen molar-refractivity contribution in [3.63, 3.8) is 0 Å². The molecule has 1 saturated carbocycles. The number of carbonyl (C=O) groups is 1. The zero-order valence-corrected chi connectivity index (χ0v) is 9.12. The lowest BCUT2D eigenvalue weighted by molar-refractivity contribution is -0.452. The molecule has 0 atom stereocenters. The third kappa shape index (κ3) is 1.15. The number of hydrogen-bond donors (Lipinski definition) is 0. The van der Waals surface area contributed by atoms with Gasteiger partial charge in [-0.15, -0.1) is 0 Å². The van der Waals surface area contributed by atoms with Crippen molar-refractivity contribution in [2.45, 2.75) is 28.3 Å². The predicted molar refractivity (Wildman–Crippen MR) is 43.4 cm³/mol. The Morgan fingerprint density at radius 3 is 1.60 bits per heavy atom. The van der Waals surface area contributed by atoms with Gasteiger partial charge in [-0.25, -0.2) is 0 Å². The van der Waals surface area contributed by atoms with Gasteiger partial charge in [-0.2, -0.15) is 26.3 Å². The van der Waals surface area contributed by atoms with Crippen LogP contribution in [0.2, 0.25) is 0 Å². The van der Waals surface area contributed by atoms with Gasteiger partial charge >= 0.3 is 23.7 Å². The maximum absolute atomic E-state index is 12.7. The van der Waals surface area contributed by atoms with Crippen molar-refractivity contribution >= 4 is 28.6 Å². The van der Waals surface area contributed by atoms with Crippen molar-refractivity contribution in [3.05, 3.63) is 0 Å². The van der Waals surface area contributed by atoms with Crippen molar-refractivity contribution in [1.82, 2.24) is 0 Å². The minimum atomic E-state index is -5.52. The fourth-order valence-corrected chi connectivity index (χ4v) is 2.05. The van der Waals surface area contributed by atoms with E-state index in [0.29, 0.717) is 29.5 Å². The third-order valence-corrected chi connectivity index (χ3v) is 3.46. The Balaban J connectivity index is 3.16. The van der Waals surface area contributed by atoms with Crippen LogP contribution in [0.3, 0.4) is 0 Å². The van der Waals surface area contributed by atoms with Crippen molar-refractivity contribution in [2.24, 2.45) is 0 Å². The minimum absolute atomic E-state index is 0.329. The maximum atomic E-state index is 12.7. The Kier molecular flexibility index (Phi) is 2.50. The Labute approximate surface area is 93.1 Å². The average molecular weight is 348 g/mol. The van der Waals surface area contributed by atoms with Gasteiger partial charge in [0.05, 0.1) is 0 Å². The molecule has 0 unspecified atom stereocenters. The minimum Gasteiger partial charge on any atom is -0.435 e. The molecule has 0 N–H and O–H groups in total. The first-order valence-corrected chi connectivity index (χ1v) is 4.51. The van der Waals surface area contributed by atoms with Gasteiger partial charge < -0.3 is 4.74 Å². The Hall–Kier alpha value is -0.220. The summed E-state index contributed by atoms with van der Waals surface area (Å²) in [6, 6.07) is 0. The van der Waals surface area contributed by atoms with Gasteiger partial charge in [0.25, 0.3) is 3.61 Å². The van der Waals surface area contributed by atoms with Gasteiger partial charge in [0, 0.05) is 6.92 Å². The van der Waals surface area contributed by atoms with Gasteiger partial charge in [0.15, 0.2) is 0 Å². The highest BCUT2D eigenvalue weighted by molar-refractivity contribution is 14.1. The lowest BCUT2D eigenvalue weighted by Gasteiger charge is -2.54. The Bertz CT molecular complexity index is 297. The van der Waals surface area contributed by atoms with Crippen LogP contribution in [0.4, 0.5) is 26.3 Å². The van der Waals surface area contributed by atoms with Gasteiger partial charge in [0.1, 0.15) is 0 Å². The van der Waals surface area contributed by atoms with Crippen LogP contribution in [0.25, 0.3) is 0 Å². The van der Waals surface area contributed by atoms with E-state index in [1.807, 2.05) is 0 Å². The molecule has 1 rings (SSSR count). The van der Waals surface area contributed by atoms with E-state index >= 15 is 0 Å². The summed E-state index contributed by atoms with van der Waals surface area (Å²) >= 11 is 0.329. The molecule has 0 amide bonds. The summed E-state index contributed by atoms with van der Waals surface area (Å²) < 4.78 is 75.3. The van der Waals surface area contributed by atoms with Crippen LogP contribution in [0.5, 0.6) is 0 Å². The van der Waals surface area contributed by atoms with Crippen LogP contribution < -0.4 is 0 Å². The molecule has 0 spiro atoms. The zero-order valence-electron chi connectivity index (χ0n) is 6.96. The van der Waals surface area contributed by atoms with E-state index in [1.165, 1.54) is 0 Å². The largest absolute Gasteiger partial charge is 0.435 e. The molecule has 0 bridgehead atoms. The molecule has 0 saturated heterocycles. The van der Waals surface area contributed by atoms with Gasteiger partial charge in [0.2, 0.25) is 0 Å². The van der Waals surface area contributed by atoms with Crippen LogP contribution in [-0.4, -0.2) is 27.3 Å². The molecule has 2 nitrogen and oxygen atoms in total. The molecular weight excluding hydrogens is 345 g/mol. The highest BCUT2D eigenvalue weighted by atomic mass is 127. The molecular formula is C6H3F6IO2. The fraction of sp³-hybridized carbons (Fsp3) is 0.833. The highest BCUT2D eigenvalue weighted by Gasteiger charge is 3.00. The first-order chi connectivity index (χ1) is 6.42. The summed E-state index contributed by atoms with van der Waals surface area (Å²) in [6.45, 7) is 0.572. The second-order valence-electron chi connectivity index (χ2n) is 2.91. The molecule has 0 radical (unpaired) electrons. The molecule has 1 aliphatic rings. The van der Waals surface area contributed by atoms with E-state index in [2.05, 4.69) is 4.74 Å². The number of halogens is 7. The van der Waals surface area contributed by atoms with E-state index in [1.54, 1.807) is 0 Å². The average Bonchev–Trinajstić information content (AvgIpc) is 2.00. The molecule has 88 valence electrons. The normalized spacial score (nSPS) is 29.1.